The number of amides is 1. The molecule has 2 N–H and O–H groups in total. The molecule has 0 unspecified atom stereocenters. The van der Waals surface area contributed by atoms with Gasteiger partial charge in [0.15, 0.2) is 5.69 Å². The van der Waals surface area contributed by atoms with Crippen LogP contribution in [0.4, 0.5) is 18.9 Å². The van der Waals surface area contributed by atoms with Crippen LogP contribution in [0.25, 0.3) is 5.95 Å². The van der Waals surface area contributed by atoms with Gasteiger partial charge < -0.3 is 10.6 Å². The summed E-state index contributed by atoms with van der Waals surface area (Å²) in [5.41, 5.74) is 6.18. The van der Waals surface area contributed by atoms with E-state index in [1.807, 2.05) is 4.90 Å². The lowest BCUT2D eigenvalue weighted by Crippen LogP contribution is -2.19. The van der Waals surface area contributed by atoms with Crippen LogP contribution in [-0.2, 0) is 11.0 Å². The third-order valence-electron chi connectivity index (χ3n) is 4.44. The first-order chi connectivity index (χ1) is 12.8. The van der Waals surface area contributed by atoms with Gasteiger partial charge in [-0.2, -0.15) is 18.3 Å². The summed E-state index contributed by atoms with van der Waals surface area (Å²) < 4.78 is 40.2. The van der Waals surface area contributed by atoms with Gasteiger partial charge in [-0.05, 0) is 25.8 Å². The summed E-state index contributed by atoms with van der Waals surface area (Å²) >= 11 is 1.32. The maximum atomic E-state index is 13.0. The Bertz CT molecular complexity index is 933. The van der Waals surface area contributed by atoms with Crippen LogP contribution in [0.5, 0.6) is 0 Å². The van der Waals surface area contributed by atoms with Crippen molar-refractivity contribution < 1.29 is 18.0 Å². The van der Waals surface area contributed by atoms with E-state index in [9.17, 15) is 18.0 Å². The first-order valence-electron chi connectivity index (χ1n) is 8.16. The second-order valence-corrected chi connectivity index (χ2v) is 7.31. The second-order valence-electron chi connectivity index (χ2n) is 6.36. The fourth-order valence-corrected chi connectivity index (χ4v) is 3.96. The smallest absolute Gasteiger partial charge is 0.365 e. The Hall–Kier alpha value is -2.56. The Morgan fingerprint density at radius 3 is 2.48 bits per heavy atom. The van der Waals surface area contributed by atoms with E-state index >= 15 is 0 Å². The van der Waals surface area contributed by atoms with Crippen molar-refractivity contribution in [1.82, 2.24) is 19.7 Å². The summed E-state index contributed by atoms with van der Waals surface area (Å²) in [7, 11) is 0. The van der Waals surface area contributed by atoms with Crippen LogP contribution in [0, 0.1) is 0 Å². The molecule has 142 valence electrons. The molecule has 11 heteroatoms. The molecule has 7 nitrogen and oxygen atoms in total. The fourth-order valence-electron chi connectivity index (χ4n) is 2.90. The Morgan fingerprint density at radius 2 is 1.96 bits per heavy atom. The molecule has 2 aromatic rings. The molecule has 27 heavy (non-hydrogen) atoms. The van der Waals surface area contributed by atoms with Gasteiger partial charge in [-0.3, -0.25) is 4.79 Å². The molecule has 1 saturated carbocycles. The van der Waals surface area contributed by atoms with Crippen LogP contribution in [0.1, 0.15) is 37.1 Å². The zero-order valence-corrected chi connectivity index (χ0v) is 15.0. The van der Waals surface area contributed by atoms with Gasteiger partial charge in [0.25, 0.3) is 11.9 Å². The lowest BCUT2D eigenvalue weighted by atomic mass is 10.2. The number of alkyl halides is 3. The minimum Gasteiger partial charge on any atom is -0.365 e. The van der Waals surface area contributed by atoms with Gasteiger partial charge in [-0.15, -0.1) is 0 Å². The molecular formula is C16H15F3N6OS. The number of rotatable bonds is 4. The Balaban J connectivity index is 1.66. The number of nitrogens with two attached hydrogens (primary N) is 1. The molecule has 1 amide bonds. The Kier molecular flexibility index (Phi) is 4.13. The zero-order chi connectivity index (χ0) is 19.3. The molecular weight excluding hydrogens is 381 g/mol. The standard InChI is InChI=1S/C16H15F3N6OS/c1-8-13(14(20)26)27-7-24(8)10-5-21-15(22-6-10)25-11(9-2-3-9)4-12(23-25)16(17,18)19/h4-6,9H,2-3,7H2,1H3,(H2,20,26). The molecule has 0 atom stereocenters. The van der Waals surface area contributed by atoms with Gasteiger partial charge in [-0.25, -0.2) is 14.6 Å². The van der Waals surface area contributed by atoms with Crippen molar-refractivity contribution in [1.29, 1.82) is 0 Å². The predicted octanol–water partition coefficient (Wildman–Crippen LogP) is 2.79. The van der Waals surface area contributed by atoms with E-state index in [4.69, 9.17) is 5.73 Å². The largest absolute Gasteiger partial charge is 0.435 e. The van der Waals surface area contributed by atoms with Crippen LogP contribution >= 0.6 is 11.8 Å². The van der Waals surface area contributed by atoms with Crippen molar-refractivity contribution in [2.45, 2.75) is 31.9 Å². The SMILES string of the molecule is CC1=C(C(N)=O)SCN1c1cnc(-n2nc(C(F)(F)F)cc2C2CC2)nc1. The van der Waals surface area contributed by atoms with Crippen molar-refractivity contribution in [2.75, 3.05) is 10.8 Å². The molecule has 1 aliphatic heterocycles. The maximum Gasteiger partial charge on any atom is 0.435 e. The lowest BCUT2D eigenvalue weighted by molar-refractivity contribution is -0.141. The van der Waals surface area contributed by atoms with Gasteiger partial charge in [-0.1, -0.05) is 11.8 Å². The highest BCUT2D eigenvalue weighted by Gasteiger charge is 2.38. The highest BCUT2D eigenvalue weighted by Crippen LogP contribution is 2.42. The number of primary amides is 1. The van der Waals surface area contributed by atoms with Gasteiger partial charge in [0.1, 0.15) is 0 Å². The van der Waals surface area contributed by atoms with E-state index in [-0.39, 0.29) is 11.9 Å². The third-order valence-corrected chi connectivity index (χ3v) is 5.62. The van der Waals surface area contributed by atoms with Crippen LogP contribution in [-0.4, -0.2) is 31.5 Å². The van der Waals surface area contributed by atoms with Gasteiger partial charge in [0, 0.05) is 11.6 Å². The maximum absolute atomic E-state index is 13.0. The molecule has 3 heterocycles. The van der Waals surface area contributed by atoms with Crippen molar-refractivity contribution in [3.63, 3.8) is 0 Å². The number of carbonyl (C=O) groups excluding carboxylic acids is 1. The molecule has 0 bridgehead atoms. The summed E-state index contributed by atoms with van der Waals surface area (Å²) in [4.78, 5) is 22.1. The van der Waals surface area contributed by atoms with E-state index < -0.39 is 17.8 Å². The lowest BCUT2D eigenvalue weighted by Gasteiger charge is -2.18. The van der Waals surface area contributed by atoms with E-state index in [0.717, 1.165) is 18.9 Å². The minimum absolute atomic E-state index is 0.0511. The normalized spacial score (nSPS) is 17.7. The van der Waals surface area contributed by atoms with Crippen molar-refractivity contribution in [2.24, 2.45) is 5.73 Å². The van der Waals surface area contributed by atoms with Gasteiger partial charge >= 0.3 is 6.18 Å². The van der Waals surface area contributed by atoms with Crippen molar-refractivity contribution in [3.05, 3.63) is 40.5 Å². The van der Waals surface area contributed by atoms with Crippen LogP contribution in [0.2, 0.25) is 0 Å². The minimum atomic E-state index is -4.52. The first-order valence-corrected chi connectivity index (χ1v) is 9.15. The number of thioether (sulfide) groups is 1. The molecule has 4 rings (SSSR count). The average molecular weight is 396 g/mol. The number of nitrogens with zero attached hydrogens (tertiary/aromatic N) is 5. The highest BCUT2D eigenvalue weighted by molar-refractivity contribution is 8.04. The molecule has 2 aromatic heterocycles. The summed E-state index contributed by atoms with van der Waals surface area (Å²) in [6.07, 6.45) is 0.135. The van der Waals surface area contributed by atoms with E-state index in [0.29, 0.717) is 27.9 Å². The molecule has 0 saturated heterocycles. The van der Waals surface area contributed by atoms with Crippen LogP contribution in [0.15, 0.2) is 29.1 Å². The fraction of sp³-hybridized carbons (Fsp3) is 0.375. The van der Waals surface area contributed by atoms with Crippen molar-refractivity contribution >= 4 is 23.4 Å². The second kappa shape index (κ2) is 6.25. The number of hydrogen-bond acceptors (Lipinski definition) is 6. The summed E-state index contributed by atoms with van der Waals surface area (Å²) in [6, 6.07) is 1.07. The van der Waals surface area contributed by atoms with E-state index in [1.165, 1.54) is 28.8 Å². The Morgan fingerprint density at radius 1 is 1.30 bits per heavy atom. The number of carbonyl (C=O) groups is 1. The summed E-state index contributed by atoms with van der Waals surface area (Å²) in [5, 5.41) is 3.67. The molecule has 1 fully saturated rings. The number of hydrogen-bond donors (Lipinski definition) is 1. The number of aromatic nitrogens is 4. The van der Waals surface area contributed by atoms with Gasteiger partial charge in [0.2, 0.25) is 0 Å². The number of anilines is 1. The first kappa shape index (κ1) is 17.8. The average Bonchev–Trinajstić information content (AvgIpc) is 3.22. The predicted molar refractivity (Wildman–Crippen MR) is 93.0 cm³/mol. The topological polar surface area (TPSA) is 89.9 Å². The van der Waals surface area contributed by atoms with E-state index in [1.54, 1.807) is 6.92 Å². The van der Waals surface area contributed by atoms with E-state index in [2.05, 4.69) is 15.1 Å². The van der Waals surface area contributed by atoms with Crippen LogP contribution < -0.4 is 10.6 Å². The molecule has 1 aliphatic carbocycles. The zero-order valence-electron chi connectivity index (χ0n) is 14.2. The third kappa shape index (κ3) is 3.27. The number of halogens is 3. The number of allylic oxidation sites excluding steroid dienone is 1. The summed E-state index contributed by atoms with van der Waals surface area (Å²) in [6.45, 7) is 1.77. The molecule has 0 radical (unpaired) electrons. The van der Waals surface area contributed by atoms with Gasteiger partial charge in [0.05, 0.1) is 34.6 Å². The summed E-state index contributed by atoms with van der Waals surface area (Å²) in [5.74, 6) is 0.123. The quantitative estimate of drug-likeness (QED) is 0.855. The molecule has 0 aromatic carbocycles. The monoisotopic (exact) mass is 396 g/mol. The molecule has 0 spiro atoms. The highest BCUT2D eigenvalue weighted by atomic mass is 32.2. The van der Waals surface area contributed by atoms with Crippen LogP contribution in [0.3, 0.4) is 0 Å². The Labute approximate surface area is 156 Å². The van der Waals surface area contributed by atoms with Crippen molar-refractivity contribution in [3.8, 4) is 5.95 Å². The molecule has 2 aliphatic rings.